The highest BCUT2D eigenvalue weighted by Crippen LogP contribution is 2.25. The summed E-state index contributed by atoms with van der Waals surface area (Å²) < 4.78 is 7.83. The second-order valence-corrected chi connectivity index (χ2v) is 5.48. The number of hydrogen-bond donors (Lipinski definition) is 1. The van der Waals surface area contributed by atoms with Crippen molar-refractivity contribution in [2.75, 3.05) is 32.0 Å². The standard InChI is InChI=1S/C14H19ClN4O/c1-2-18-6-7-20-10(8-18)9-19-12-5-3-4-11(15)13(12)17-14(19)16/h3-5,10H,2,6-9H2,1H3,(H2,16,17). The number of anilines is 1. The van der Waals surface area contributed by atoms with Crippen molar-refractivity contribution in [2.24, 2.45) is 0 Å². The van der Waals surface area contributed by atoms with Crippen LogP contribution in [0, 0.1) is 0 Å². The fourth-order valence-corrected chi connectivity index (χ4v) is 2.92. The Morgan fingerprint density at radius 1 is 1.50 bits per heavy atom. The smallest absolute Gasteiger partial charge is 0.201 e. The number of nitrogen functional groups attached to an aromatic ring is 1. The predicted octanol–water partition coefficient (Wildman–Crippen LogP) is 1.99. The summed E-state index contributed by atoms with van der Waals surface area (Å²) in [5.74, 6) is 0.491. The zero-order valence-corrected chi connectivity index (χ0v) is 12.3. The van der Waals surface area contributed by atoms with Gasteiger partial charge < -0.3 is 15.0 Å². The molecule has 20 heavy (non-hydrogen) atoms. The fraction of sp³-hybridized carbons (Fsp3) is 0.500. The summed E-state index contributed by atoms with van der Waals surface area (Å²) in [5.41, 5.74) is 7.75. The number of likely N-dealkylation sites (N-methyl/N-ethyl adjacent to an activating group) is 1. The minimum Gasteiger partial charge on any atom is -0.374 e. The number of rotatable bonds is 3. The summed E-state index contributed by atoms with van der Waals surface area (Å²) in [7, 11) is 0. The number of nitrogens with zero attached hydrogens (tertiary/aromatic N) is 3. The van der Waals surface area contributed by atoms with Gasteiger partial charge >= 0.3 is 0 Å². The van der Waals surface area contributed by atoms with Gasteiger partial charge in [0.1, 0.15) is 5.52 Å². The molecule has 1 saturated heterocycles. The molecule has 0 aliphatic carbocycles. The molecule has 0 saturated carbocycles. The van der Waals surface area contributed by atoms with Crippen LogP contribution in [0.1, 0.15) is 6.92 Å². The van der Waals surface area contributed by atoms with Gasteiger partial charge in [0.15, 0.2) is 0 Å². The zero-order valence-electron chi connectivity index (χ0n) is 11.6. The van der Waals surface area contributed by atoms with Crippen molar-refractivity contribution in [3.8, 4) is 0 Å². The summed E-state index contributed by atoms with van der Waals surface area (Å²) in [4.78, 5) is 6.74. The average molecular weight is 295 g/mol. The molecule has 2 aromatic rings. The van der Waals surface area contributed by atoms with Crippen molar-refractivity contribution in [1.29, 1.82) is 0 Å². The number of aromatic nitrogens is 2. The van der Waals surface area contributed by atoms with E-state index in [1.165, 1.54) is 0 Å². The first-order valence-electron chi connectivity index (χ1n) is 6.93. The molecule has 1 fully saturated rings. The molecule has 1 aromatic carbocycles. The van der Waals surface area contributed by atoms with Crippen LogP contribution in [0.5, 0.6) is 0 Å². The summed E-state index contributed by atoms with van der Waals surface area (Å²) in [6, 6.07) is 5.74. The van der Waals surface area contributed by atoms with Crippen LogP contribution in [0.15, 0.2) is 18.2 Å². The second-order valence-electron chi connectivity index (χ2n) is 5.07. The van der Waals surface area contributed by atoms with Gasteiger partial charge in [-0.15, -0.1) is 0 Å². The van der Waals surface area contributed by atoms with Gasteiger partial charge in [-0.2, -0.15) is 0 Å². The molecule has 1 unspecified atom stereocenters. The van der Waals surface area contributed by atoms with E-state index in [9.17, 15) is 0 Å². The molecule has 6 heteroatoms. The van der Waals surface area contributed by atoms with Gasteiger partial charge in [0.25, 0.3) is 0 Å². The molecule has 3 rings (SSSR count). The van der Waals surface area contributed by atoms with Crippen molar-refractivity contribution >= 4 is 28.6 Å². The zero-order chi connectivity index (χ0) is 14.1. The normalized spacial score (nSPS) is 20.6. The Balaban J connectivity index is 1.87. The Kier molecular flexibility index (Phi) is 3.83. The molecule has 1 aliphatic heterocycles. The maximum Gasteiger partial charge on any atom is 0.201 e. The highest BCUT2D eigenvalue weighted by atomic mass is 35.5. The maximum absolute atomic E-state index is 6.16. The molecule has 2 heterocycles. The van der Waals surface area contributed by atoms with Gasteiger partial charge in [-0.25, -0.2) is 4.98 Å². The second kappa shape index (κ2) is 5.60. The molecule has 5 nitrogen and oxygen atoms in total. The Hall–Kier alpha value is -1.30. The number of halogens is 1. The Bertz CT molecular complexity index is 612. The van der Waals surface area contributed by atoms with Gasteiger partial charge in [0, 0.05) is 13.1 Å². The molecule has 0 spiro atoms. The van der Waals surface area contributed by atoms with Crippen molar-refractivity contribution in [2.45, 2.75) is 19.6 Å². The summed E-state index contributed by atoms with van der Waals surface area (Å²) in [6.45, 7) is 6.62. The van der Waals surface area contributed by atoms with Crippen LogP contribution < -0.4 is 5.73 Å². The van der Waals surface area contributed by atoms with Crippen LogP contribution in [-0.2, 0) is 11.3 Å². The van der Waals surface area contributed by atoms with Gasteiger partial charge in [0.05, 0.1) is 29.8 Å². The van der Waals surface area contributed by atoms with E-state index in [1.54, 1.807) is 0 Å². The molecular formula is C14H19ClN4O. The first-order valence-corrected chi connectivity index (χ1v) is 7.31. The molecule has 0 radical (unpaired) electrons. The lowest BCUT2D eigenvalue weighted by Crippen LogP contribution is -2.44. The van der Waals surface area contributed by atoms with Crippen LogP contribution >= 0.6 is 11.6 Å². The maximum atomic E-state index is 6.16. The number of nitrogens with two attached hydrogens (primary N) is 1. The monoisotopic (exact) mass is 294 g/mol. The number of ether oxygens (including phenoxy) is 1. The number of benzene rings is 1. The largest absolute Gasteiger partial charge is 0.374 e. The number of para-hydroxylation sites is 1. The highest BCUT2D eigenvalue weighted by molar-refractivity contribution is 6.35. The van der Waals surface area contributed by atoms with Crippen LogP contribution in [0.25, 0.3) is 11.0 Å². The summed E-state index contributed by atoms with van der Waals surface area (Å²) >= 11 is 6.16. The topological polar surface area (TPSA) is 56.3 Å². The third kappa shape index (κ3) is 2.49. The van der Waals surface area contributed by atoms with E-state index in [0.29, 0.717) is 17.5 Å². The van der Waals surface area contributed by atoms with Crippen molar-refractivity contribution in [1.82, 2.24) is 14.5 Å². The highest BCUT2D eigenvalue weighted by Gasteiger charge is 2.21. The number of morpholine rings is 1. The number of fused-ring (bicyclic) bond motifs is 1. The van der Waals surface area contributed by atoms with Crippen LogP contribution in [0.4, 0.5) is 5.95 Å². The molecule has 2 N–H and O–H groups in total. The molecule has 1 aliphatic rings. The van der Waals surface area contributed by atoms with E-state index in [2.05, 4.69) is 16.8 Å². The summed E-state index contributed by atoms with van der Waals surface area (Å²) in [5, 5.41) is 0.632. The Morgan fingerprint density at radius 2 is 2.35 bits per heavy atom. The quantitative estimate of drug-likeness (QED) is 0.940. The van der Waals surface area contributed by atoms with Crippen LogP contribution in [-0.4, -0.2) is 46.8 Å². The number of hydrogen-bond acceptors (Lipinski definition) is 4. The predicted molar refractivity (Wildman–Crippen MR) is 81.0 cm³/mol. The van der Waals surface area contributed by atoms with E-state index in [0.717, 1.165) is 37.3 Å². The SMILES string of the molecule is CCN1CCOC(Cn2c(N)nc3c(Cl)cccc32)C1. The average Bonchev–Trinajstić information content (AvgIpc) is 2.78. The molecule has 0 bridgehead atoms. The molecule has 1 atom stereocenters. The van der Waals surface area contributed by atoms with E-state index in [1.807, 2.05) is 22.8 Å². The van der Waals surface area contributed by atoms with Crippen LogP contribution in [0.2, 0.25) is 5.02 Å². The van der Waals surface area contributed by atoms with E-state index < -0.39 is 0 Å². The van der Waals surface area contributed by atoms with Crippen molar-refractivity contribution in [3.63, 3.8) is 0 Å². The van der Waals surface area contributed by atoms with Gasteiger partial charge in [-0.1, -0.05) is 24.6 Å². The first-order chi connectivity index (χ1) is 9.69. The summed E-state index contributed by atoms with van der Waals surface area (Å²) in [6.07, 6.45) is 0.141. The lowest BCUT2D eigenvalue weighted by molar-refractivity contribution is -0.0335. The first kappa shape index (κ1) is 13.7. The molecule has 1 aromatic heterocycles. The van der Waals surface area contributed by atoms with Crippen molar-refractivity contribution in [3.05, 3.63) is 23.2 Å². The van der Waals surface area contributed by atoms with Gasteiger partial charge in [0.2, 0.25) is 5.95 Å². The van der Waals surface area contributed by atoms with Crippen LogP contribution in [0.3, 0.4) is 0 Å². The lowest BCUT2D eigenvalue weighted by atomic mass is 10.2. The Morgan fingerprint density at radius 3 is 3.15 bits per heavy atom. The minimum atomic E-state index is 0.141. The molecule has 108 valence electrons. The van der Waals surface area contributed by atoms with Gasteiger partial charge in [-0.3, -0.25) is 4.90 Å². The number of imidazole rings is 1. The van der Waals surface area contributed by atoms with Gasteiger partial charge in [-0.05, 0) is 18.7 Å². The third-order valence-electron chi connectivity index (χ3n) is 3.82. The van der Waals surface area contributed by atoms with E-state index >= 15 is 0 Å². The lowest BCUT2D eigenvalue weighted by Gasteiger charge is -2.32. The fourth-order valence-electron chi connectivity index (χ4n) is 2.70. The van der Waals surface area contributed by atoms with Crippen molar-refractivity contribution < 1.29 is 4.74 Å². The van der Waals surface area contributed by atoms with E-state index in [4.69, 9.17) is 22.1 Å². The Labute approximate surface area is 123 Å². The third-order valence-corrected chi connectivity index (χ3v) is 4.12. The molecule has 0 amide bonds. The molecular weight excluding hydrogens is 276 g/mol. The minimum absolute atomic E-state index is 0.141. The van der Waals surface area contributed by atoms with E-state index in [-0.39, 0.29) is 6.10 Å².